The first-order chi connectivity index (χ1) is 5.81. The maximum absolute atomic E-state index is 3.72. The van der Waals surface area contributed by atoms with Crippen LogP contribution >= 0.6 is 0 Å². The average Bonchev–Trinajstić information content (AvgIpc) is 2.09. The SMILES string of the molecule is C=CCCC(C)C=CCCCC. The first-order valence-electron chi connectivity index (χ1n) is 5.08. The molecule has 0 aromatic heterocycles. The van der Waals surface area contributed by atoms with Crippen LogP contribution in [0.3, 0.4) is 0 Å². The van der Waals surface area contributed by atoms with Crippen molar-refractivity contribution in [2.24, 2.45) is 5.92 Å². The molecule has 0 fully saturated rings. The van der Waals surface area contributed by atoms with Crippen molar-refractivity contribution in [3.05, 3.63) is 24.8 Å². The Balaban J connectivity index is 3.32. The van der Waals surface area contributed by atoms with Crippen molar-refractivity contribution in [1.82, 2.24) is 0 Å². The fourth-order valence-corrected chi connectivity index (χ4v) is 1.13. The molecule has 0 heteroatoms. The van der Waals surface area contributed by atoms with E-state index in [4.69, 9.17) is 0 Å². The summed E-state index contributed by atoms with van der Waals surface area (Å²) in [5, 5.41) is 0. The smallest absolute Gasteiger partial charge is 0.0259 e. The predicted molar refractivity (Wildman–Crippen MR) is 57.3 cm³/mol. The van der Waals surface area contributed by atoms with Gasteiger partial charge in [-0.3, -0.25) is 0 Å². The normalized spacial score (nSPS) is 13.5. The summed E-state index contributed by atoms with van der Waals surface area (Å²) in [6.45, 7) is 8.22. The van der Waals surface area contributed by atoms with Gasteiger partial charge in [-0.25, -0.2) is 0 Å². The van der Waals surface area contributed by atoms with Crippen molar-refractivity contribution in [3.63, 3.8) is 0 Å². The Hall–Kier alpha value is -0.520. The van der Waals surface area contributed by atoms with Crippen molar-refractivity contribution in [3.8, 4) is 0 Å². The fraction of sp³-hybridized carbons (Fsp3) is 0.667. The van der Waals surface area contributed by atoms with Gasteiger partial charge in [-0.15, -0.1) is 6.58 Å². The van der Waals surface area contributed by atoms with E-state index in [1.807, 2.05) is 6.08 Å². The van der Waals surface area contributed by atoms with Gasteiger partial charge in [-0.2, -0.15) is 0 Å². The summed E-state index contributed by atoms with van der Waals surface area (Å²) < 4.78 is 0. The van der Waals surface area contributed by atoms with Crippen LogP contribution < -0.4 is 0 Å². The lowest BCUT2D eigenvalue weighted by Gasteiger charge is -2.02. The molecule has 0 aromatic carbocycles. The molecule has 0 aromatic rings. The van der Waals surface area contributed by atoms with E-state index in [2.05, 4.69) is 32.6 Å². The van der Waals surface area contributed by atoms with Crippen molar-refractivity contribution < 1.29 is 0 Å². The Kier molecular flexibility index (Phi) is 8.20. The molecule has 0 aliphatic rings. The van der Waals surface area contributed by atoms with Crippen LogP contribution in [0, 0.1) is 5.92 Å². The topological polar surface area (TPSA) is 0 Å². The van der Waals surface area contributed by atoms with E-state index in [0.29, 0.717) is 0 Å². The summed E-state index contributed by atoms with van der Waals surface area (Å²) in [6.07, 6.45) is 12.9. The minimum Gasteiger partial charge on any atom is -0.103 e. The summed E-state index contributed by atoms with van der Waals surface area (Å²) in [6, 6.07) is 0. The van der Waals surface area contributed by atoms with Crippen LogP contribution in [0.15, 0.2) is 24.8 Å². The van der Waals surface area contributed by atoms with Gasteiger partial charge in [0.2, 0.25) is 0 Å². The Morgan fingerprint density at radius 2 is 2.08 bits per heavy atom. The molecule has 1 unspecified atom stereocenters. The largest absolute Gasteiger partial charge is 0.103 e. The summed E-state index contributed by atoms with van der Waals surface area (Å²) >= 11 is 0. The highest BCUT2D eigenvalue weighted by atomic mass is 14.0. The molecule has 0 nitrogen and oxygen atoms in total. The minimum absolute atomic E-state index is 0.722. The van der Waals surface area contributed by atoms with E-state index < -0.39 is 0 Å². The minimum atomic E-state index is 0.722. The molecule has 0 rings (SSSR count). The van der Waals surface area contributed by atoms with E-state index in [1.165, 1.54) is 25.7 Å². The van der Waals surface area contributed by atoms with Crippen LogP contribution in [-0.4, -0.2) is 0 Å². The molecule has 0 saturated heterocycles. The third-order valence-electron chi connectivity index (χ3n) is 2.02. The van der Waals surface area contributed by atoms with Gasteiger partial charge in [0.25, 0.3) is 0 Å². The molecule has 0 heterocycles. The van der Waals surface area contributed by atoms with Crippen molar-refractivity contribution >= 4 is 0 Å². The third-order valence-corrected chi connectivity index (χ3v) is 2.02. The maximum Gasteiger partial charge on any atom is -0.0259 e. The van der Waals surface area contributed by atoms with E-state index >= 15 is 0 Å². The molecular formula is C12H22. The maximum atomic E-state index is 3.72. The lowest BCUT2D eigenvalue weighted by molar-refractivity contribution is 0.654. The van der Waals surface area contributed by atoms with Gasteiger partial charge in [0.15, 0.2) is 0 Å². The number of hydrogen-bond donors (Lipinski definition) is 0. The van der Waals surface area contributed by atoms with Crippen molar-refractivity contribution in [1.29, 1.82) is 0 Å². The van der Waals surface area contributed by atoms with E-state index in [-0.39, 0.29) is 0 Å². The van der Waals surface area contributed by atoms with Crippen molar-refractivity contribution in [2.75, 3.05) is 0 Å². The molecule has 0 amide bonds. The molecule has 0 N–H and O–H groups in total. The number of hydrogen-bond acceptors (Lipinski definition) is 0. The molecule has 0 aliphatic heterocycles. The molecule has 1 atom stereocenters. The molecule has 12 heavy (non-hydrogen) atoms. The first kappa shape index (κ1) is 11.5. The second-order valence-electron chi connectivity index (χ2n) is 3.41. The lowest BCUT2D eigenvalue weighted by atomic mass is 10.0. The van der Waals surface area contributed by atoms with E-state index in [0.717, 1.165) is 12.3 Å². The highest BCUT2D eigenvalue weighted by molar-refractivity contribution is 4.87. The van der Waals surface area contributed by atoms with Gasteiger partial charge in [-0.1, -0.05) is 44.9 Å². The average molecular weight is 166 g/mol. The molecule has 0 bridgehead atoms. The van der Waals surface area contributed by atoms with Gasteiger partial charge in [-0.05, 0) is 25.2 Å². The standard InChI is InChI=1S/C12H22/c1-4-6-8-9-11-12(3)10-7-5-2/h5,9,11-12H,2,4,6-8,10H2,1,3H3. The summed E-state index contributed by atoms with van der Waals surface area (Å²) in [4.78, 5) is 0. The van der Waals surface area contributed by atoms with Gasteiger partial charge < -0.3 is 0 Å². The summed E-state index contributed by atoms with van der Waals surface area (Å²) in [5.74, 6) is 0.722. The summed E-state index contributed by atoms with van der Waals surface area (Å²) in [7, 11) is 0. The second-order valence-corrected chi connectivity index (χ2v) is 3.41. The zero-order valence-corrected chi connectivity index (χ0v) is 8.55. The van der Waals surface area contributed by atoms with E-state index in [1.54, 1.807) is 0 Å². The predicted octanol–water partition coefficient (Wildman–Crippen LogP) is 4.34. The Morgan fingerprint density at radius 3 is 2.67 bits per heavy atom. The van der Waals surface area contributed by atoms with Crippen LogP contribution in [-0.2, 0) is 0 Å². The quantitative estimate of drug-likeness (QED) is 0.390. The molecular weight excluding hydrogens is 144 g/mol. The zero-order chi connectivity index (χ0) is 9.23. The first-order valence-corrected chi connectivity index (χ1v) is 5.08. The molecule has 0 radical (unpaired) electrons. The third kappa shape index (κ3) is 7.59. The number of allylic oxidation sites excluding steroid dienone is 3. The summed E-state index contributed by atoms with van der Waals surface area (Å²) in [5.41, 5.74) is 0. The molecule has 0 spiro atoms. The van der Waals surface area contributed by atoms with Gasteiger partial charge in [0, 0.05) is 0 Å². The Labute approximate surface area is 77.4 Å². The number of rotatable bonds is 7. The monoisotopic (exact) mass is 166 g/mol. The number of unbranched alkanes of at least 4 members (excludes halogenated alkanes) is 2. The van der Waals surface area contributed by atoms with Gasteiger partial charge in [0.05, 0.1) is 0 Å². The highest BCUT2D eigenvalue weighted by Gasteiger charge is 1.93. The molecule has 0 aliphatic carbocycles. The molecule has 70 valence electrons. The Bertz CT molecular complexity index is 122. The lowest BCUT2D eigenvalue weighted by Crippen LogP contribution is -1.87. The van der Waals surface area contributed by atoms with Crippen molar-refractivity contribution in [2.45, 2.75) is 46.0 Å². The van der Waals surface area contributed by atoms with Crippen LogP contribution in [0.2, 0.25) is 0 Å². The van der Waals surface area contributed by atoms with Crippen LogP contribution in [0.5, 0.6) is 0 Å². The van der Waals surface area contributed by atoms with Gasteiger partial charge >= 0.3 is 0 Å². The zero-order valence-electron chi connectivity index (χ0n) is 8.55. The van der Waals surface area contributed by atoms with E-state index in [9.17, 15) is 0 Å². The second kappa shape index (κ2) is 8.58. The van der Waals surface area contributed by atoms with Crippen LogP contribution in [0.25, 0.3) is 0 Å². The fourth-order valence-electron chi connectivity index (χ4n) is 1.13. The highest BCUT2D eigenvalue weighted by Crippen LogP contribution is 2.08. The van der Waals surface area contributed by atoms with Gasteiger partial charge in [0.1, 0.15) is 0 Å². The van der Waals surface area contributed by atoms with Crippen LogP contribution in [0.1, 0.15) is 46.0 Å². The Morgan fingerprint density at radius 1 is 1.33 bits per heavy atom. The molecule has 0 saturated carbocycles. The van der Waals surface area contributed by atoms with Crippen LogP contribution in [0.4, 0.5) is 0 Å².